The number of aliphatic hydroxyl groups is 1. The third-order valence-corrected chi connectivity index (χ3v) is 17.0. The van der Waals surface area contributed by atoms with Crippen molar-refractivity contribution in [2.45, 2.75) is 44.9 Å². The average Bonchev–Trinajstić information content (AvgIpc) is 4.31. The largest absolute Gasteiger partial charge is 0.481 e. The van der Waals surface area contributed by atoms with E-state index in [1.165, 1.54) is 104 Å². The number of aliphatic hydroxyl groups excluding tert-OH is 1. The number of thiophene rings is 7. The van der Waals surface area contributed by atoms with Crippen LogP contribution in [-0.4, -0.2) is 127 Å². The van der Waals surface area contributed by atoms with Gasteiger partial charge in [0.05, 0.1) is 60.9 Å². The van der Waals surface area contributed by atoms with Crippen molar-refractivity contribution < 1.29 is 97.2 Å². The van der Waals surface area contributed by atoms with Gasteiger partial charge in [0.2, 0.25) is 0 Å². The van der Waals surface area contributed by atoms with Gasteiger partial charge < -0.3 is 49.2 Å². The fourth-order valence-corrected chi connectivity index (χ4v) is 11.5. The molecule has 0 saturated carbocycles. The van der Waals surface area contributed by atoms with Crippen LogP contribution in [0.4, 0.5) is 0 Å². The Morgan fingerprint density at radius 3 is 0.963 bits per heavy atom. The van der Waals surface area contributed by atoms with Crippen molar-refractivity contribution in [3.63, 3.8) is 0 Å². The maximum absolute atomic E-state index is 11.0. The summed E-state index contributed by atoms with van der Waals surface area (Å²) in [5.74, 6) is -5.66. The van der Waals surface area contributed by atoms with E-state index < -0.39 is 42.4 Å². The molecule has 7 rings (SSSR count). The van der Waals surface area contributed by atoms with Crippen molar-refractivity contribution in [3.8, 4) is 6.07 Å². The lowest BCUT2D eigenvalue weighted by Crippen LogP contribution is -2.05. The molecule has 0 aliphatic rings. The van der Waals surface area contributed by atoms with Gasteiger partial charge in [0.25, 0.3) is 0 Å². The van der Waals surface area contributed by atoms with Crippen LogP contribution in [0.1, 0.15) is 102 Å². The van der Waals surface area contributed by atoms with Crippen LogP contribution in [-0.2, 0) is 69.1 Å². The molecule has 81 heavy (non-hydrogen) atoms. The number of aryl methyl sites for hydroxylation is 2. The van der Waals surface area contributed by atoms with Crippen molar-refractivity contribution in [1.82, 2.24) is 0 Å². The van der Waals surface area contributed by atoms with Crippen LogP contribution in [0, 0.1) is 25.2 Å². The number of nitrogens with zero attached hydrogens (tertiary/aromatic N) is 1. The van der Waals surface area contributed by atoms with E-state index in [4.69, 9.17) is 30.8 Å². The van der Waals surface area contributed by atoms with Crippen LogP contribution in [0.25, 0.3) is 0 Å². The number of methoxy groups -OCH3 is 5. The first-order chi connectivity index (χ1) is 38.4. The van der Waals surface area contributed by atoms with Gasteiger partial charge in [-0.3, -0.25) is 14.4 Å². The Morgan fingerprint density at radius 2 is 0.691 bits per heavy atom. The Morgan fingerprint density at radius 1 is 0.420 bits per heavy atom. The number of ketones is 1. The number of Topliss-reactive ketones (excluding diaryl/α,β-unsaturated/α-hetero) is 1. The molecule has 0 spiro atoms. The zero-order chi connectivity index (χ0) is 61.2. The highest BCUT2D eigenvalue weighted by Crippen LogP contribution is 2.22. The van der Waals surface area contributed by atoms with E-state index in [0.717, 1.165) is 52.4 Å². The topological polar surface area (TPSA) is 342 Å². The third kappa shape index (κ3) is 28.6. The van der Waals surface area contributed by atoms with E-state index in [2.05, 4.69) is 39.6 Å². The molecule has 0 aliphatic carbocycles. The van der Waals surface area contributed by atoms with Crippen molar-refractivity contribution in [3.05, 3.63) is 153 Å². The number of aromatic carboxylic acids is 2. The van der Waals surface area contributed by atoms with E-state index >= 15 is 0 Å². The second kappa shape index (κ2) is 39.2. The van der Waals surface area contributed by atoms with E-state index in [0.29, 0.717) is 45.4 Å². The summed E-state index contributed by atoms with van der Waals surface area (Å²) in [6.07, 6.45) is 0.347. The number of nitriles is 1. The lowest BCUT2D eigenvalue weighted by molar-refractivity contribution is -0.137. The number of carbonyl (C=O) groups excluding carboxylic acids is 6. The number of carboxylic acid groups (broad SMARTS) is 4. The highest BCUT2D eigenvalue weighted by atomic mass is 79.9. The molecule has 21 nitrogen and oxygen atoms in total. The predicted molar refractivity (Wildman–Crippen MR) is 311 cm³/mol. The highest BCUT2D eigenvalue weighted by Gasteiger charge is 2.14. The Hall–Kier alpha value is -7.27. The van der Waals surface area contributed by atoms with E-state index in [1.807, 2.05) is 32.0 Å². The smallest absolute Gasteiger partial charge is 0.348 e. The fourth-order valence-electron chi connectivity index (χ4n) is 5.12. The van der Waals surface area contributed by atoms with Crippen LogP contribution < -0.4 is 0 Å². The molecule has 0 amide bonds. The summed E-state index contributed by atoms with van der Waals surface area (Å²) in [6, 6.07) is 25.6. The molecule has 434 valence electrons. The minimum atomic E-state index is -1.02. The maximum Gasteiger partial charge on any atom is 0.348 e. The van der Waals surface area contributed by atoms with E-state index in [1.54, 1.807) is 60.7 Å². The first-order valence-electron chi connectivity index (χ1n) is 22.3. The summed E-state index contributed by atoms with van der Waals surface area (Å²) in [7, 11) is 6.71. The normalized spacial score (nSPS) is 9.53. The standard InChI is InChI=1S/C9H10O4S.C8H7NO2S.C8H8O4S.C7H7BrO2S.C7H6O4S.C7H8O2S.C6H6O2S/c1-13-9(12)8-3-2-7(14-8)4-6(11)5-10;1-11-8(10)7-3-2-6(12-7)4-5-9;1-12-8(11)6-3-2-5(13-6)4-7(9)10;1-10-7(9)6-3-2-5(4-8)11-6;8-6(9)3-4-1-2-5(12-4)7(10)11;1-5-3-4-6(10-5)7(8)9-2;1-4-2-3-5(9-4)6(7)8/h2-3,10H,4-5H2,1H3;2-3H,4H2,1H3;2-3H,4H2,1H3,(H,9,10);2-3H,4H2,1H3;1-2H,3H2,(H,8,9)(H,10,11);3-4H,1-2H3;2-3H,1H3,(H,7,8). The lowest BCUT2D eigenvalue weighted by atomic mass is 10.2. The predicted octanol–water partition coefficient (Wildman–Crippen LogP) is 10.5. The molecule has 7 heterocycles. The molecule has 0 bridgehead atoms. The Kier molecular flexibility index (Phi) is 34.7. The van der Waals surface area contributed by atoms with Crippen LogP contribution in [0.3, 0.4) is 0 Å². The SMILES string of the molecule is COC(=O)c1ccc(C)s1.COC(=O)c1ccc(CBr)s1.COC(=O)c1ccc(CC#N)s1.COC(=O)c1ccc(CC(=O)CO)s1.COC(=O)c1ccc(CC(=O)O)s1.Cc1ccc(C(=O)O)s1.O=C(O)Cc1ccc(C(=O)O)s1. The first-order valence-corrected chi connectivity index (χ1v) is 29.2. The number of esters is 5. The van der Waals surface area contributed by atoms with Crippen LogP contribution in [0.15, 0.2) is 84.9 Å². The number of carboxylic acids is 4. The highest BCUT2D eigenvalue weighted by molar-refractivity contribution is 9.08. The van der Waals surface area contributed by atoms with Crippen molar-refractivity contribution in [2.75, 3.05) is 42.2 Å². The summed E-state index contributed by atoms with van der Waals surface area (Å²) >= 11 is 12.1. The zero-order valence-corrected chi connectivity index (χ0v) is 51.2. The number of hydrogen-bond acceptors (Lipinski definition) is 24. The minimum Gasteiger partial charge on any atom is -0.481 e. The van der Waals surface area contributed by atoms with Gasteiger partial charge in [-0.15, -0.1) is 79.4 Å². The van der Waals surface area contributed by atoms with Gasteiger partial charge in [-0.05, 0) is 98.8 Å². The van der Waals surface area contributed by atoms with Crippen LogP contribution in [0.5, 0.6) is 0 Å². The van der Waals surface area contributed by atoms with Gasteiger partial charge in [0.1, 0.15) is 40.7 Å². The molecule has 0 atom stereocenters. The minimum absolute atomic E-state index is 0.0539. The number of aliphatic carboxylic acids is 2. The summed E-state index contributed by atoms with van der Waals surface area (Å²) in [6.45, 7) is 3.37. The number of hydrogen-bond donors (Lipinski definition) is 5. The quantitative estimate of drug-likeness (QED) is 0.0341. The first kappa shape index (κ1) is 71.7. The van der Waals surface area contributed by atoms with Gasteiger partial charge >= 0.3 is 53.7 Å². The molecule has 7 aromatic heterocycles. The van der Waals surface area contributed by atoms with Crippen molar-refractivity contribution in [1.29, 1.82) is 5.26 Å². The zero-order valence-electron chi connectivity index (χ0n) is 43.9. The van der Waals surface area contributed by atoms with E-state index in [-0.39, 0.29) is 47.8 Å². The molecule has 0 radical (unpaired) electrons. The number of carbonyl (C=O) groups is 10. The molecular formula is C52H52BrNO20S7. The van der Waals surface area contributed by atoms with Gasteiger partial charge in [-0.2, -0.15) is 5.26 Å². The average molecular weight is 1320 g/mol. The number of alkyl halides is 1. The Balaban J connectivity index is 0.000000474. The second-order valence-electron chi connectivity index (χ2n) is 14.7. The van der Waals surface area contributed by atoms with Crippen LogP contribution in [0.2, 0.25) is 0 Å². The van der Waals surface area contributed by atoms with Gasteiger partial charge in [-0.1, -0.05) is 15.9 Å². The lowest BCUT2D eigenvalue weighted by Gasteiger charge is -1.93. The third-order valence-electron chi connectivity index (χ3n) is 8.73. The molecule has 29 heteroatoms. The molecule has 0 saturated heterocycles. The monoisotopic (exact) mass is 1310 g/mol. The van der Waals surface area contributed by atoms with Gasteiger partial charge in [0, 0.05) is 45.9 Å². The molecule has 0 aliphatic heterocycles. The van der Waals surface area contributed by atoms with E-state index in [9.17, 15) is 47.9 Å². The Bertz CT molecular complexity index is 3220. The van der Waals surface area contributed by atoms with Crippen LogP contribution >= 0.6 is 95.3 Å². The van der Waals surface area contributed by atoms with Crippen molar-refractivity contribution in [2.24, 2.45) is 0 Å². The summed E-state index contributed by atoms with van der Waals surface area (Å²) < 4.78 is 22.6. The number of ether oxygens (including phenoxy) is 5. The summed E-state index contributed by atoms with van der Waals surface area (Å²) in [4.78, 5) is 116. The van der Waals surface area contributed by atoms with Gasteiger partial charge in [-0.25, -0.2) is 33.6 Å². The second-order valence-corrected chi connectivity index (χ2v) is 23.7. The Labute approximate surface area is 499 Å². The molecule has 0 fully saturated rings. The molecule has 0 unspecified atom stereocenters. The number of rotatable bonds is 16. The maximum atomic E-state index is 11.0. The molecule has 7 aromatic rings. The molecule has 0 aromatic carbocycles. The van der Waals surface area contributed by atoms with Crippen molar-refractivity contribution >= 4 is 155 Å². The summed E-state index contributed by atoms with van der Waals surface area (Å²) in [5, 5.41) is 51.4. The summed E-state index contributed by atoms with van der Waals surface area (Å²) in [5.41, 5.74) is 0. The fraction of sp³-hybridized carbons (Fsp3) is 0.250. The number of halogens is 1. The molecular weight excluding hydrogens is 1260 g/mol. The molecule has 5 N–H and O–H groups in total. The van der Waals surface area contributed by atoms with Gasteiger partial charge in [0.15, 0.2) is 5.78 Å².